The van der Waals surface area contributed by atoms with Gasteiger partial charge in [-0.15, -0.1) is 0 Å². The van der Waals surface area contributed by atoms with Crippen LogP contribution in [0, 0.1) is 11.8 Å². The zero-order valence-electron chi connectivity index (χ0n) is 9.08. The molecule has 0 radical (unpaired) electrons. The lowest BCUT2D eigenvalue weighted by atomic mass is 10.0. The van der Waals surface area contributed by atoms with E-state index in [1.807, 2.05) is 6.92 Å². The molecule has 1 aliphatic rings. The molecule has 0 bridgehead atoms. The summed E-state index contributed by atoms with van der Waals surface area (Å²) in [6, 6.07) is 0. The quantitative estimate of drug-likeness (QED) is 0.485. The van der Waals surface area contributed by atoms with Crippen LogP contribution in [0.1, 0.15) is 40.0 Å². The summed E-state index contributed by atoms with van der Waals surface area (Å²) in [7, 11) is 0. The van der Waals surface area contributed by atoms with Crippen molar-refractivity contribution in [3.63, 3.8) is 0 Å². The van der Waals surface area contributed by atoms with E-state index >= 15 is 0 Å². The molecule has 1 fully saturated rings. The Hall–Kier alpha value is -0.0800. The second-order valence-corrected chi connectivity index (χ2v) is 4.04. The van der Waals surface area contributed by atoms with E-state index < -0.39 is 0 Å². The highest BCUT2D eigenvalue weighted by Crippen LogP contribution is 2.34. The molecular formula is C11H22O2. The zero-order valence-corrected chi connectivity index (χ0v) is 9.08. The first kappa shape index (κ1) is 11.0. The fraction of sp³-hybridized carbons (Fsp3) is 1.00. The van der Waals surface area contributed by atoms with Crippen molar-refractivity contribution in [2.75, 3.05) is 13.4 Å². The molecule has 3 unspecified atom stereocenters. The minimum Gasteiger partial charge on any atom is -0.356 e. The molecule has 1 rings (SSSR count). The molecule has 0 spiro atoms. The van der Waals surface area contributed by atoms with Crippen LogP contribution < -0.4 is 0 Å². The second-order valence-electron chi connectivity index (χ2n) is 4.04. The van der Waals surface area contributed by atoms with Crippen LogP contribution in [0.2, 0.25) is 0 Å². The topological polar surface area (TPSA) is 18.5 Å². The highest BCUT2D eigenvalue weighted by atomic mass is 16.7. The van der Waals surface area contributed by atoms with Crippen LogP contribution in [-0.4, -0.2) is 19.5 Å². The fourth-order valence-electron chi connectivity index (χ4n) is 2.12. The van der Waals surface area contributed by atoms with Gasteiger partial charge in [-0.25, -0.2) is 0 Å². The van der Waals surface area contributed by atoms with E-state index in [9.17, 15) is 0 Å². The third kappa shape index (κ3) is 3.28. The summed E-state index contributed by atoms with van der Waals surface area (Å²) in [6.07, 6.45) is 4.29. The van der Waals surface area contributed by atoms with Gasteiger partial charge in [0.15, 0.2) is 0 Å². The van der Waals surface area contributed by atoms with Gasteiger partial charge >= 0.3 is 0 Å². The summed E-state index contributed by atoms with van der Waals surface area (Å²) >= 11 is 0. The van der Waals surface area contributed by atoms with Crippen LogP contribution in [0.3, 0.4) is 0 Å². The summed E-state index contributed by atoms with van der Waals surface area (Å²) < 4.78 is 10.9. The molecule has 13 heavy (non-hydrogen) atoms. The number of ether oxygens (including phenoxy) is 2. The molecule has 3 atom stereocenters. The Morgan fingerprint density at radius 2 is 2.00 bits per heavy atom. The first-order valence-corrected chi connectivity index (χ1v) is 5.47. The Labute approximate surface area is 81.6 Å². The Morgan fingerprint density at radius 1 is 1.23 bits per heavy atom. The maximum absolute atomic E-state index is 5.67. The predicted octanol–water partition coefficient (Wildman–Crippen LogP) is 2.82. The molecule has 0 aromatic carbocycles. The molecule has 0 saturated heterocycles. The highest BCUT2D eigenvalue weighted by molar-refractivity contribution is 4.80. The lowest BCUT2D eigenvalue weighted by Gasteiger charge is -2.15. The van der Waals surface area contributed by atoms with Gasteiger partial charge in [-0.2, -0.15) is 0 Å². The molecule has 0 heterocycles. The maximum atomic E-state index is 5.67. The molecule has 0 N–H and O–H groups in total. The molecule has 1 aliphatic carbocycles. The average molecular weight is 186 g/mol. The van der Waals surface area contributed by atoms with Gasteiger partial charge < -0.3 is 9.47 Å². The van der Waals surface area contributed by atoms with Crippen LogP contribution >= 0.6 is 0 Å². The third-order valence-electron chi connectivity index (χ3n) is 3.05. The smallest absolute Gasteiger partial charge is 0.147 e. The molecule has 0 amide bonds. The van der Waals surface area contributed by atoms with Crippen molar-refractivity contribution in [3.8, 4) is 0 Å². The molecule has 0 aliphatic heterocycles. The Balaban J connectivity index is 2.18. The van der Waals surface area contributed by atoms with Crippen molar-refractivity contribution >= 4 is 0 Å². The van der Waals surface area contributed by atoms with Gasteiger partial charge in [0.1, 0.15) is 6.79 Å². The fourth-order valence-corrected chi connectivity index (χ4v) is 2.12. The van der Waals surface area contributed by atoms with E-state index in [0.717, 1.165) is 12.5 Å². The maximum Gasteiger partial charge on any atom is 0.147 e. The normalized spacial score (nSPS) is 33.9. The predicted molar refractivity (Wildman–Crippen MR) is 53.5 cm³/mol. The Bertz CT molecular complexity index is 136. The van der Waals surface area contributed by atoms with Crippen molar-refractivity contribution in [2.24, 2.45) is 11.8 Å². The monoisotopic (exact) mass is 186 g/mol. The van der Waals surface area contributed by atoms with E-state index in [-0.39, 0.29) is 0 Å². The van der Waals surface area contributed by atoms with Crippen LogP contribution in [-0.2, 0) is 9.47 Å². The van der Waals surface area contributed by atoms with Crippen molar-refractivity contribution in [2.45, 2.75) is 46.1 Å². The van der Waals surface area contributed by atoms with Crippen LogP contribution in [0.15, 0.2) is 0 Å². The van der Waals surface area contributed by atoms with Gasteiger partial charge in [-0.1, -0.05) is 20.3 Å². The third-order valence-corrected chi connectivity index (χ3v) is 3.05. The molecule has 0 aromatic rings. The van der Waals surface area contributed by atoms with E-state index in [4.69, 9.17) is 9.47 Å². The van der Waals surface area contributed by atoms with Crippen LogP contribution in [0.25, 0.3) is 0 Å². The summed E-state index contributed by atoms with van der Waals surface area (Å²) in [5.74, 6) is 1.59. The van der Waals surface area contributed by atoms with Crippen molar-refractivity contribution < 1.29 is 9.47 Å². The molecular weight excluding hydrogens is 164 g/mol. The van der Waals surface area contributed by atoms with Gasteiger partial charge in [-0.05, 0) is 31.6 Å². The molecule has 0 aromatic heterocycles. The largest absolute Gasteiger partial charge is 0.356 e. The Morgan fingerprint density at radius 3 is 2.54 bits per heavy atom. The van der Waals surface area contributed by atoms with Gasteiger partial charge in [0, 0.05) is 6.61 Å². The lowest BCUT2D eigenvalue weighted by molar-refractivity contribution is -0.0952. The van der Waals surface area contributed by atoms with Crippen LogP contribution in [0.5, 0.6) is 0 Å². The van der Waals surface area contributed by atoms with Gasteiger partial charge in [-0.3, -0.25) is 0 Å². The zero-order chi connectivity index (χ0) is 9.68. The molecule has 2 heteroatoms. The molecule has 78 valence electrons. The summed E-state index contributed by atoms with van der Waals surface area (Å²) in [5, 5.41) is 0. The SMILES string of the molecule is CCOCOC1CC(CC)CC1C. The first-order chi connectivity index (χ1) is 6.27. The Kier molecular flexibility index (Phi) is 4.74. The number of rotatable bonds is 5. The van der Waals surface area contributed by atoms with E-state index in [1.54, 1.807) is 0 Å². The van der Waals surface area contributed by atoms with Crippen LogP contribution in [0.4, 0.5) is 0 Å². The minimum absolute atomic E-state index is 0.441. The standard InChI is InChI=1S/C11H22O2/c1-4-10-6-9(3)11(7-10)13-8-12-5-2/h9-11H,4-8H2,1-3H3. The number of hydrogen-bond acceptors (Lipinski definition) is 2. The van der Waals surface area contributed by atoms with Crippen molar-refractivity contribution in [3.05, 3.63) is 0 Å². The van der Waals surface area contributed by atoms with Gasteiger partial charge in [0.05, 0.1) is 6.10 Å². The van der Waals surface area contributed by atoms with E-state index in [2.05, 4.69) is 13.8 Å². The highest BCUT2D eigenvalue weighted by Gasteiger charge is 2.30. The minimum atomic E-state index is 0.441. The van der Waals surface area contributed by atoms with Gasteiger partial charge in [0.25, 0.3) is 0 Å². The second kappa shape index (κ2) is 5.61. The average Bonchev–Trinajstić information content (AvgIpc) is 2.48. The first-order valence-electron chi connectivity index (χ1n) is 5.47. The molecule has 1 saturated carbocycles. The van der Waals surface area contributed by atoms with Gasteiger partial charge in [0.2, 0.25) is 0 Å². The molecule has 2 nitrogen and oxygen atoms in total. The van der Waals surface area contributed by atoms with Crippen molar-refractivity contribution in [1.29, 1.82) is 0 Å². The van der Waals surface area contributed by atoms with E-state index in [1.165, 1.54) is 19.3 Å². The van der Waals surface area contributed by atoms with E-state index in [0.29, 0.717) is 18.8 Å². The summed E-state index contributed by atoms with van der Waals surface area (Å²) in [4.78, 5) is 0. The lowest BCUT2D eigenvalue weighted by Crippen LogP contribution is -2.17. The van der Waals surface area contributed by atoms with Crippen molar-refractivity contribution in [1.82, 2.24) is 0 Å². The summed E-state index contributed by atoms with van der Waals surface area (Å²) in [6.45, 7) is 7.77. The number of hydrogen-bond donors (Lipinski definition) is 0. The summed E-state index contributed by atoms with van der Waals surface area (Å²) in [5.41, 5.74) is 0.